The Hall–Kier alpha value is -3.94. The normalized spacial score (nSPS) is 10.9. The second-order valence-corrected chi connectivity index (χ2v) is 6.96. The summed E-state index contributed by atoms with van der Waals surface area (Å²) in [7, 11) is 3.14. The van der Waals surface area contributed by atoms with E-state index in [0.717, 1.165) is 11.3 Å². The Morgan fingerprint density at radius 1 is 0.871 bits per heavy atom. The third-order valence-electron chi connectivity index (χ3n) is 5.11. The topological polar surface area (TPSA) is 88.2 Å². The molecule has 8 nitrogen and oxygen atoms in total. The second-order valence-electron chi connectivity index (χ2n) is 6.96. The van der Waals surface area contributed by atoms with Crippen LogP contribution in [0.2, 0.25) is 0 Å². The summed E-state index contributed by atoms with van der Waals surface area (Å²) in [5.41, 5.74) is 1.59. The number of methoxy groups -OCH3 is 2. The average Bonchev–Trinajstić information content (AvgIpc) is 2.82. The number of aromatic nitrogens is 4. The van der Waals surface area contributed by atoms with Gasteiger partial charge in [-0.15, -0.1) is 0 Å². The fourth-order valence-corrected chi connectivity index (χ4v) is 3.52. The highest BCUT2D eigenvalue weighted by atomic mass is 16.5. The van der Waals surface area contributed by atoms with E-state index in [2.05, 4.69) is 9.97 Å². The molecule has 8 heteroatoms. The summed E-state index contributed by atoms with van der Waals surface area (Å²) in [5, 5.41) is 0. The molecule has 0 atom stereocenters. The van der Waals surface area contributed by atoms with Crippen LogP contribution in [-0.4, -0.2) is 33.3 Å². The van der Waals surface area contributed by atoms with Crippen molar-refractivity contribution in [2.75, 3.05) is 14.2 Å². The first-order valence-electron chi connectivity index (χ1n) is 9.81. The van der Waals surface area contributed by atoms with Gasteiger partial charge in [0.15, 0.2) is 17.0 Å². The number of aryl methyl sites for hydroxylation is 1. The molecule has 0 spiro atoms. The minimum absolute atomic E-state index is 0.210. The Bertz CT molecular complexity index is 1330. The Morgan fingerprint density at radius 2 is 1.68 bits per heavy atom. The number of nitrogens with zero attached hydrogens (tertiary/aromatic N) is 4. The number of hydrogen-bond acceptors (Lipinski definition) is 6. The van der Waals surface area contributed by atoms with E-state index >= 15 is 0 Å². The summed E-state index contributed by atoms with van der Waals surface area (Å²) in [4.78, 5) is 34.9. The Labute approximate surface area is 178 Å². The lowest BCUT2D eigenvalue weighted by Gasteiger charge is -2.14. The van der Waals surface area contributed by atoms with E-state index in [1.165, 1.54) is 4.57 Å². The van der Waals surface area contributed by atoms with Crippen molar-refractivity contribution in [3.63, 3.8) is 0 Å². The van der Waals surface area contributed by atoms with E-state index in [9.17, 15) is 9.59 Å². The minimum atomic E-state index is -0.404. The largest absolute Gasteiger partial charge is 0.493 e. The first kappa shape index (κ1) is 20.3. The molecule has 0 aliphatic heterocycles. The Balaban J connectivity index is 1.74. The average molecular weight is 418 g/mol. The van der Waals surface area contributed by atoms with E-state index in [4.69, 9.17) is 9.47 Å². The van der Waals surface area contributed by atoms with Crippen LogP contribution >= 0.6 is 0 Å². The molecule has 3 heterocycles. The molecule has 0 bridgehead atoms. The van der Waals surface area contributed by atoms with Gasteiger partial charge in [0.25, 0.3) is 5.56 Å². The number of hydrogen-bond donors (Lipinski definition) is 0. The molecule has 1 aromatic carbocycles. The van der Waals surface area contributed by atoms with Gasteiger partial charge in [-0.3, -0.25) is 18.9 Å². The monoisotopic (exact) mass is 418 g/mol. The molecule has 3 aromatic heterocycles. The van der Waals surface area contributed by atoms with E-state index < -0.39 is 11.2 Å². The summed E-state index contributed by atoms with van der Waals surface area (Å²) in [6, 6.07) is 14.5. The van der Waals surface area contributed by atoms with Crippen LogP contribution in [0.1, 0.15) is 11.3 Å². The van der Waals surface area contributed by atoms with Crippen molar-refractivity contribution in [2.24, 2.45) is 0 Å². The molecule has 4 aromatic rings. The standard InChI is InChI=1S/C23H22N4O4/c1-30-19-9-8-16(14-20(19)31-2)10-13-26-22(28)21-18(7-5-12-25-21)27(23(26)29)15-17-6-3-4-11-24-17/h3-9,11-12,14H,10,13,15H2,1-2H3. The van der Waals surface area contributed by atoms with Gasteiger partial charge in [0, 0.05) is 18.9 Å². The van der Waals surface area contributed by atoms with Gasteiger partial charge in [0.2, 0.25) is 0 Å². The Morgan fingerprint density at radius 3 is 2.42 bits per heavy atom. The molecular formula is C23H22N4O4. The van der Waals surface area contributed by atoms with Crippen molar-refractivity contribution in [3.05, 3.63) is 93.0 Å². The second kappa shape index (κ2) is 8.83. The number of fused-ring (bicyclic) bond motifs is 1. The molecule has 0 aliphatic carbocycles. The van der Waals surface area contributed by atoms with Crippen LogP contribution in [0.25, 0.3) is 11.0 Å². The van der Waals surface area contributed by atoms with Crippen molar-refractivity contribution >= 4 is 11.0 Å². The number of ether oxygens (including phenoxy) is 2. The number of pyridine rings is 2. The fourth-order valence-electron chi connectivity index (χ4n) is 3.52. The van der Waals surface area contributed by atoms with Gasteiger partial charge in [0.05, 0.1) is 32.0 Å². The van der Waals surface area contributed by atoms with E-state index in [-0.39, 0.29) is 18.6 Å². The highest BCUT2D eigenvalue weighted by Crippen LogP contribution is 2.27. The highest BCUT2D eigenvalue weighted by Gasteiger charge is 2.15. The molecule has 4 rings (SSSR count). The lowest BCUT2D eigenvalue weighted by molar-refractivity contribution is 0.354. The van der Waals surface area contributed by atoms with E-state index in [0.29, 0.717) is 23.4 Å². The van der Waals surface area contributed by atoms with Crippen molar-refractivity contribution in [3.8, 4) is 11.5 Å². The summed E-state index contributed by atoms with van der Waals surface area (Å²) < 4.78 is 13.4. The van der Waals surface area contributed by atoms with Gasteiger partial charge in [-0.25, -0.2) is 9.78 Å². The molecule has 0 amide bonds. The van der Waals surface area contributed by atoms with Gasteiger partial charge in [-0.2, -0.15) is 0 Å². The number of benzene rings is 1. The summed E-state index contributed by atoms with van der Waals surface area (Å²) in [6.07, 6.45) is 3.70. The smallest absolute Gasteiger partial charge is 0.331 e. The van der Waals surface area contributed by atoms with Crippen LogP contribution in [0.4, 0.5) is 0 Å². The zero-order valence-corrected chi connectivity index (χ0v) is 17.3. The maximum Gasteiger partial charge on any atom is 0.331 e. The zero-order valence-electron chi connectivity index (χ0n) is 17.3. The summed E-state index contributed by atoms with van der Waals surface area (Å²) in [5.74, 6) is 1.22. The van der Waals surface area contributed by atoms with Crippen LogP contribution in [0.5, 0.6) is 11.5 Å². The van der Waals surface area contributed by atoms with E-state index in [1.54, 1.807) is 49.4 Å². The fraction of sp³-hybridized carbons (Fsp3) is 0.217. The van der Waals surface area contributed by atoms with Gasteiger partial charge < -0.3 is 9.47 Å². The molecule has 0 unspecified atom stereocenters. The van der Waals surface area contributed by atoms with Gasteiger partial charge in [-0.05, 0) is 48.4 Å². The molecular weight excluding hydrogens is 396 g/mol. The molecule has 0 saturated heterocycles. The van der Waals surface area contributed by atoms with Crippen molar-refractivity contribution in [2.45, 2.75) is 19.5 Å². The van der Waals surface area contributed by atoms with Crippen LogP contribution < -0.4 is 20.7 Å². The molecule has 0 radical (unpaired) electrons. The lowest BCUT2D eigenvalue weighted by atomic mass is 10.1. The van der Waals surface area contributed by atoms with Crippen molar-refractivity contribution < 1.29 is 9.47 Å². The SMILES string of the molecule is COc1ccc(CCn2c(=O)c3ncccc3n(Cc3ccccn3)c2=O)cc1OC. The number of rotatable bonds is 7. The molecule has 158 valence electrons. The quantitative estimate of drug-likeness (QED) is 0.458. The maximum atomic E-state index is 13.3. The van der Waals surface area contributed by atoms with E-state index in [1.807, 2.05) is 30.3 Å². The molecule has 0 aliphatic rings. The zero-order chi connectivity index (χ0) is 21.8. The summed E-state index contributed by atoms with van der Waals surface area (Å²) >= 11 is 0. The van der Waals surface area contributed by atoms with Crippen LogP contribution in [0, 0.1) is 0 Å². The van der Waals surface area contributed by atoms with Crippen LogP contribution in [0.3, 0.4) is 0 Å². The predicted octanol–water partition coefficient (Wildman–Crippen LogP) is 2.26. The highest BCUT2D eigenvalue weighted by molar-refractivity contribution is 5.73. The Kier molecular flexibility index (Phi) is 5.79. The van der Waals surface area contributed by atoms with Crippen molar-refractivity contribution in [1.29, 1.82) is 0 Å². The van der Waals surface area contributed by atoms with Crippen molar-refractivity contribution in [1.82, 2.24) is 19.1 Å². The van der Waals surface area contributed by atoms with Crippen LogP contribution in [0.15, 0.2) is 70.5 Å². The minimum Gasteiger partial charge on any atom is -0.493 e. The van der Waals surface area contributed by atoms with Gasteiger partial charge in [0.1, 0.15) is 0 Å². The first-order chi connectivity index (χ1) is 15.1. The molecule has 0 saturated carbocycles. The van der Waals surface area contributed by atoms with Crippen LogP contribution in [-0.2, 0) is 19.5 Å². The molecule has 31 heavy (non-hydrogen) atoms. The molecule has 0 N–H and O–H groups in total. The van der Waals surface area contributed by atoms with Gasteiger partial charge >= 0.3 is 5.69 Å². The van der Waals surface area contributed by atoms with Gasteiger partial charge in [-0.1, -0.05) is 12.1 Å². The maximum absolute atomic E-state index is 13.3. The third kappa shape index (κ3) is 4.05. The lowest BCUT2D eigenvalue weighted by Crippen LogP contribution is -2.41. The molecule has 0 fully saturated rings. The third-order valence-corrected chi connectivity index (χ3v) is 5.11. The summed E-state index contributed by atoms with van der Waals surface area (Å²) in [6.45, 7) is 0.459. The first-order valence-corrected chi connectivity index (χ1v) is 9.81. The predicted molar refractivity (Wildman–Crippen MR) is 117 cm³/mol.